The van der Waals surface area contributed by atoms with Gasteiger partial charge < -0.3 is 9.47 Å². The summed E-state index contributed by atoms with van der Waals surface area (Å²) in [4.78, 5) is 12.4. The Morgan fingerprint density at radius 2 is 2.32 bits per heavy atom. The van der Waals surface area contributed by atoms with Gasteiger partial charge in [-0.3, -0.25) is 0 Å². The molecule has 3 atom stereocenters. The summed E-state index contributed by atoms with van der Waals surface area (Å²) in [6.45, 7) is 5.17. The minimum atomic E-state index is -0.478. The molecule has 4 rings (SSSR count). The molecule has 1 saturated carbocycles. The molecule has 1 aromatic carbocycles. The molecule has 1 saturated heterocycles. The largest absolute Gasteiger partial charge is 0.456 e. The van der Waals surface area contributed by atoms with Crippen LogP contribution in [0.4, 0.5) is 4.39 Å². The van der Waals surface area contributed by atoms with E-state index in [1.165, 1.54) is 23.0 Å². The van der Waals surface area contributed by atoms with Gasteiger partial charge in [-0.1, -0.05) is 31.2 Å². The molecule has 1 aliphatic heterocycles. The lowest BCUT2D eigenvalue weighted by Gasteiger charge is -2.52. The number of esters is 1. The monoisotopic (exact) mass is 345 g/mol. The Bertz CT molecular complexity index is 804. The van der Waals surface area contributed by atoms with Crippen molar-refractivity contribution in [2.24, 2.45) is 11.3 Å². The Balaban J connectivity index is 1.42. The molecule has 1 aromatic heterocycles. The molecule has 0 spiro atoms. The topological polar surface area (TPSA) is 66.2 Å². The lowest BCUT2D eigenvalue weighted by molar-refractivity contribution is -0.183. The van der Waals surface area contributed by atoms with Gasteiger partial charge >= 0.3 is 5.97 Å². The fourth-order valence-electron chi connectivity index (χ4n) is 3.98. The number of aromatic nitrogens is 3. The zero-order valence-electron chi connectivity index (χ0n) is 14.2. The maximum absolute atomic E-state index is 13.2. The van der Waals surface area contributed by atoms with E-state index in [2.05, 4.69) is 24.2 Å². The van der Waals surface area contributed by atoms with Gasteiger partial charge in [-0.15, -0.1) is 5.10 Å². The number of hydrogen-bond acceptors (Lipinski definition) is 5. The Labute approximate surface area is 144 Å². The third-order valence-electron chi connectivity index (χ3n) is 5.21. The number of halogens is 1. The summed E-state index contributed by atoms with van der Waals surface area (Å²) in [6.07, 6.45) is 2.44. The van der Waals surface area contributed by atoms with Crippen molar-refractivity contribution < 1.29 is 18.7 Å². The summed E-state index contributed by atoms with van der Waals surface area (Å²) in [5.41, 5.74) is 0.722. The number of ether oxygens (including phenoxy) is 2. The SMILES string of the molecule is CC1(C)[C@H](OC(=O)c2cn(Cc3cccc(F)c3)nn2)[C@H]2CCO[C@@H]21. The molecule has 0 radical (unpaired) electrons. The Morgan fingerprint density at radius 1 is 1.48 bits per heavy atom. The number of carbonyl (C=O) groups excluding carboxylic acids is 1. The van der Waals surface area contributed by atoms with Crippen LogP contribution < -0.4 is 0 Å². The molecule has 1 aliphatic carbocycles. The fourth-order valence-corrected chi connectivity index (χ4v) is 3.98. The number of nitrogens with zero attached hydrogens (tertiary/aromatic N) is 3. The minimum absolute atomic E-state index is 0.161. The van der Waals surface area contributed by atoms with Crippen molar-refractivity contribution in [3.05, 3.63) is 47.5 Å². The molecule has 2 aliphatic rings. The van der Waals surface area contributed by atoms with Gasteiger partial charge in [-0.2, -0.15) is 0 Å². The second kappa shape index (κ2) is 5.91. The molecular weight excluding hydrogens is 325 g/mol. The number of fused-ring (bicyclic) bond motifs is 1. The van der Waals surface area contributed by atoms with E-state index in [0.29, 0.717) is 6.54 Å². The molecular formula is C18H20FN3O3. The summed E-state index contributed by atoms with van der Waals surface area (Å²) in [5.74, 6) is -0.520. The van der Waals surface area contributed by atoms with Crippen LogP contribution in [0.25, 0.3) is 0 Å². The molecule has 0 unspecified atom stereocenters. The fraction of sp³-hybridized carbons (Fsp3) is 0.500. The average Bonchev–Trinajstić information content (AvgIpc) is 3.20. The van der Waals surface area contributed by atoms with Gasteiger partial charge in [0.1, 0.15) is 11.9 Å². The van der Waals surface area contributed by atoms with Crippen LogP contribution in [-0.4, -0.2) is 39.8 Å². The van der Waals surface area contributed by atoms with Gasteiger partial charge in [0.2, 0.25) is 0 Å². The van der Waals surface area contributed by atoms with Crippen molar-refractivity contribution in [2.45, 2.75) is 39.0 Å². The quantitative estimate of drug-likeness (QED) is 0.796. The summed E-state index contributed by atoms with van der Waals surface area (Å²) < 4.78 is 26.1. The Hall–Kier alpha value is -2.28. The third kappa shape index (κ3) is 2.82. The second-order valence-corrected chi connectivity index (χ2v) is 7.32. The summed E-state index contributed by atoms with van der Waals surface area (Å²) in [5, 5.41) is 7.83. The molecule has 25 heavy (non-hydrogen) atoms. The number of hydrogen-bond donors (Lipinski definition) is 0. The summed E-state index contributed by atoms with van der Waals surface area (Å²) in [7, 11) is 0. The van der Waals surface area contributed by atoms with Crippen molar-refractivity contribution in [1.82, 2.24) is 15.0 Å². The van der Waals surface area contributed by atoms with E-state index in [1.807, 2.05) is 0 Å². The van der Waals surface area contributed by atoms with E-state index in [9.17, 15) is 9.18 Å². The van der Waals surface area contributed by atoms with E-state index in [4.69, 9.17) is 9.47 Å². The molecule has 0 bridgehead atoms. The van der Waals surface area contributed by atoms with Crippen LogP contribution in [0.15, 0.2) is 30.5 Å². The summed E-state index contributed by atoms with van der Waals surface area (Å²) >= 11 is 0. The smallest absolute Gasteiger partial charge is 0.360 e. The van der Waals surface area contributed by atoms with Crippen molar-refractivity contribution in [1.29, 1.82) is 0 Å². The van der Waals surface area contributed by atoms with Gasteiger partial charge in [-0.25, -0.2) is 13.9 Å². The van der Waals surface area contributed by atoms with Crippen molar-refractivity contribution in [3.63, 3.8) is 0 Å². The zero-order chi connectivity index (χ0) is 17.6. The van der Waals surface area contributed by atoms with E-state index >= 15 is 0 Å². The summed E-state index contributed by atoms with van der Waals surface area (Å²) in [6, 6.07) is 6.24. The molecule has 2 fully saturated rings. The highest BCUT2D eigenvalue weighted by Gasteiger charge is 2.61. The van der Waals surface area contributed by atoms with E-state index in [1.54, 1.807) is 12.1 Å². The van der Waals surface area contributed by atoms with Crippen molar-refractivity contribution >= 4 is 5.97 Å². The van der Waals surface area contributed by atoms with Crippen molar-refractivity contribution in [2.75, 3.05) is 6.61 Å². The lowest BCUT2D eigenvalue weighted by atomic mass is 9.59. The van der Waals surface area contributed by atoms with Gasteiger partial charge in [0.05, 0.1) is 18.8 Å². The van der Waals surface area contributed by atoms with Crippen LogP contribution in [0, 0.1) is 17.2 Å². The molecule has 132 valence electrons. The highest BCUT2D eigenvalue weighted by atomic mass is 19.1. The highest BCUT2D eigenvalue weighted by Crippen LogP contribution is 2.53. The van der Waals surface area contributed by atoms with Crippen LogP contribution in [-0.2, 0) is 16.0 Å². The van der Waals surface area contributed by atoms with Gasteiger partial charge in [0.15, 0.2) is 5.69 Å². The van der Waals surface area contributed by atoms with E-state index < -0.39 is 5.97 Å². The predicted molar refractivity (Wildman–Crippen MR) is 86.4 cm³/mol. The molecule has 0 N–H and O–H groups in total. The van der Waals surface area contributed by atoms with Crippen molar-refractivity contribution in [3.8, 4) is 0 Å². The number of rotatable bonds is 4. The van der Waals surface area contributed by atoms with Gasteiger partial charge in [0, 0.05) is 17.9 Å². The van der Waals surface area contributed by atoms with Crippen LogP contribution in [0.2, 0.25) is 0 Å². The number of carbonyl (C=O) groups is 1. The first kappa shape index (κ1) is 16.2. The predicted octanol–water partition coefficient (Wildman–Crippen LogP) is 2.44. The van der Waals surface area contributed by atoms with Crippen LogP contribution in [0.5, 0.6) is 0 Å². The molecule has 6 nitrogen and oxygen atoms in total. The Morgan fingerprint density at radius 3 is 3.12 bits per heavy atom. The van der Waals surface area contributed by atoms with E-state index in [-0.39, 0.29) is 35.1 Å². The van der Waals surface area contributed by atoms with Crippen LogP contribution in [0.1, 0.15) is 36.3 Å². The third-order valence-corrected chi connectivity index (χ3v) is 5.21. The molecule has 2 aromatic rings. The van der Waals surface area contributed by atoms with E-state index in [0.717, 1.165) is 18.6 Å². The minimum Gasteiger partial charge on any atom is -0.456 e. The van der Waals surface area contributed by atoms with Gasteiger partial charge in [-0.05, 0) is 24.1 Å². The zero-order valence-corrected chi connectivity index (χ0v) is 14.2. The molecule has 2 heterocycles. The van der Waals surface area contributed by atoms with Crippen LogP contribution >= 0.6 is 0 Å². The average molecular weight is 345 g/mol. The Kier molecular flexibility index (Phi) is 3.83. The molecule has 7 heteroatoms. The maximum atomic E-state index is 13.2. The second-order valence-electron chi connectivity index (χ2n) is 7.32. The highest BCUT2D eigenvalue weighted by molar-refractivity contribution is 5.87. The maximum Gasteiger partial charge on any atom is 0.360 e. The lowest BCUT2D eigenvalue weighted by Crippen LogP contribution is -2.61. The first-order chi connectivity index (χ1) is 11.9. The first-order valence-corrected chi connectivity index (χ1v) is 8.42. The molecule has 0 amide bonds. The van der Waals surface area contributed by atoms with Gasteiger partial charge in [0.25, 0.3) is 0 Å². The van der Waals surface area contributed by atoms with Crippen LogP contribution in [0.3, 0.4) is 0 Å². The standard InChI is InChI=1S/C18H20FN3O3/c1-18(2)15-13(6-7-24-15)16(18)25-17(23)14-10-22(21-20-14)9-11-4-3-5-12(19)8-11/h3-5,8,10,13,15-16H,6-7,9H2,1-2H3/t13-,15-,16+/m0/s1. The first-order valence-electron chi connectivity index (χ1n) is 8.42. The number of benzene rings is 1. The normalized spacial score (nSPS) is 26.8.